The van der Waals surface area contributed by atoms with Crippen LogP contribution in [0.3, 0.4) is 0 Å². The molecule has 3 rings (SSSR count). The van der Waals surface area contributed by atoms with Crippen LogP contribution in [0, 0.1) is 19.3 Å². The van der Waals surface area contributed by atoms with Crippen molar-refractivity contribution < 1.29 is 0 Å². The van der Waals surface area contributed by atoms with Crippen LogP contribution in [0.15, 0.2) is 4.99 Å². The molecule has 0 amide bonds. The lowest BCUT2D eigenvalue weighted by molar-refractivity contribution is 0.203. The first-order valence-electron chi connectivity index (χ1n) is 9.00. The van der Waals surface area contributed by atoms with Crippen molar-refractivity contribution in [3.05, 3.63) is 15.6 Å². The van der Waals surface area contributed by atoms with Crippen molar-refractivity contribution in [2.75, 3.05) is 26.7 Å². The van der Waals surface area contributed by atoms with Gasteiger partial charge in [0.2, 0.25) is 0 Å². The van der Waals surface area contributed by atoms with E-state index in [1.807, 2.05) is 18.4 Å². The van der Waals surface area contributed by atoms with E-state index in [-0.39, 0.29) is 24.0 Å². The van der Waals surface area contributed by atoms with Crippen molar-refractivity contribution in [3.63, 3.8) is 0 Å². The fraction of sp³-hybridized carbons (Fsp3) is 0.778. The first-order valence-corrected chi connectivity index (χ1v) is 9.82. The second kappa shape index (κ2) is 8.83. The van der Waals surface area contributed by atoms with Gasteiger partial charge in [0.05, 0.1) is 10.7 Å². The van der Waals surface area contributed by atoms with E-state index < -0.39 is 0 Å². The van der Waals surface area contributed by atoms with E-state index in [4.69, 9.17) is 0 Å². The van der Waals surface area contributed by atoms with Crippen LogP contribution in [0.25, 0.3) is 0 Å². The Labute approximate surface area is 167 Å². The van der Waals surface area contributed by atoms with E-state index in [1.165, 1.54) is 67.2 Å². The quantitative estimate of drug-likeness (QED) is 0.417. The Balaban J connectivity index is 0.00000208. The van der Waals surface area contributed by atoms with Gasteiger partial charge in [-0.05, 0) is 38.5 Å². The van der Waals surface area contributed by atoms with E-state index in [0.717, 1.165) is 18.9 Å². The van der Waals surface area contributed by atoms with Crippen molar-refractivity contribution >= 4 is 41.3 Å². The number of guanidine groups is 1. The van der Waals surface area contributed by atoms with E-state index in [2.05, 4.69) is 34.0 Å². The summed E-state index contributed by atoms with van der Waals surface area (Å²) in [6.45, 7) is 7.50. The monoisotopic (exact) mass is 462 g/mol. The summed E-state index contributed by atoms with van der Waals surface area (Å²) in [6, 6.07) is 0. The standard InChI is InChI=1S/C18H30N4S.HI/c1-14-16(23-15(2)21-14)7-11-20-17(19-3)22-12-10-18(13-22)8-5-4-6-9-18;/h4-13H2,1-3H3,(H,19,20);1H. The summed E-state index contributed by atoms with van der Waals surface area (Å²) < 4.78 is 0. The highest BCUT2D eigenvalue weighted by atomic mass is 127. The second-order valence-electron chi connectivity index (χ2n) is 7.20. The molecular formula is C18H31IN4S. The molecule has 1 aromatic heterocycles. The van der Waals surface area contributed by atoms with Crippen LogP contribution in [0.1, 0.15) is 54.1 Å². The first kappa shape index (κ1) is 19.9. The Kier molecular flexibility index (Phi) is 7.34. The number of hydrogen-bond acceptors (Lipinski definition) is 3. The number of nitrogens with zero attached hydrogens (tertiary/aromatic N) is 3. The summed E-state index contributed by atoms with van der Waals surface area (Å²) in [4.78, 5) is 12.9. The van der Waals surface area contributed by atoms with Gasteiger partial charge >= 0.3 is 0 Å². The molecule has 0 radical (unpaired) electrons. The van der Waals surface area contributed by atoms with Crippen molar-refractivity contribution in [3.8, 4) is 0 Å². The molecule has 0 bridgehead atoms. The maximum Gasteiger partial charge on any atom is 0.193 e. The van der Waals surface area contributed by atoms with Gasteiger partial charge in [-0.2, -0.15) is 0 Å². The molecule has 1 saturated carbocycles. The molecule has 1 aliphatic carbocycles. The summed E-state index contributed by atoms with van der Waals surface area (Å²) in [5.74, 6) is 1.09. The van der Waals surface area contributed by atoms with Gasteiger partial charge in [0.15, 0.2) is 5.96 Å². The van der Waals surface area contributed by atoms with Gasteiger partial charge in [-0.25, -0.2) is 4.98 Å². The SMILES string of the molecule is CN=C(NCCc1sc(C)nc1C)N1CCC2(CCCCC2)C1.I. The van der Waals surface area contributed by atoms with E-state index >= 15 is 0 Å². The first-order chi connectivity index (χ1) is 11.1. The Bertz CT molecular complexity index is 563. The minimum Gasteiger partial charge on any atom is -0.356 e. The van der Waals surface area contributed by atoms with Gasteiger partial charge in [-0.3, -0.25) is 4.99 Å². The summed E-state index contributed by atoms with van der Waals surface area (Å²) in [5, 5.41) is 4.74. The number of rotatable bonds is 3. The molecule has 6 heteroatoms. The van der Waals surface area contributed by atoms with E-state index in [9.17, 15) is 0 Å². The van der Waals surface area contributed by atoms with E-state index in [1.54, 1.807) is 0 Å². The third-order valence-electron chi connectivity index (χ3n) is 5.50. The van der Waals surface area contributed by atoms with Gasteiger partial charge in [-0.1, -0.05) is 19.3 Å². The van der Waals surface area contributed by atoms with Crippen LogP contribution >= 0.6 is 35.3 Å². The Morgan fingerprint density at radius 1 is 1.25 bits per heavy atom. The summed E-state index contributed by atoms with van der Waals surface area (Å²) in [6.07, 6.45) is 9.49. The Morgan fingerprint density at radius 2 is 2.00 bits per heavy atom. The number of halogens is 1. The van der Waals surface area contributed by atoms with Gasteiger partial charge in [0, 0.05) is 38.0 Å². The molecule has 136 valence electrons. The zero-order valence-corrected chi connectivity index (χ0v) is 18.4. The normalized spacial score (nSPS) is 20.3. The molecule has 2 heterocycles. The van der Waals surface area contributed by atoms with Gasteiger partial charge in [0.1, 0.15) is 0 Å². The summed E-state index contributed by atoms with van der Waals surface area (Å²) >= 11 is 1.82. The van der Waals surface area contributed by atoms with Gasteiger partial charge < -0.3 is 10.2 Å². The lowest BCUT2D eigenvalue weighted by Gasteiger charge is -2.33. The molecule has 4 nitrogen and oxygen atoms in total. The van der Waals surface area contributed by atoms with Gasteiger partial charge in [0.25, 0.3) is 0 Å². The van der Waals surface area contributed by atoms with Crippen LogP contribution in [-0.4, -0.2) is 42.5 Å². The molecule has 1 aliphatic heterocycles. The predicted molar refractivity (Wildman–Crippen MR) is 114 cm³/mol. The van der Waals surface area contributed by atoms with Crippen molar-refractivity contribution in [2.24, 2.45) is 10.4 Å². The molecule has 0 unspecified atom stereocenters. The molecular weight excluding hydrogens is 431 g/mol. The predicted octanol–water partition coefficient (Wildman–Crippen LogP) is 4.15. The summed E-state index contributed by atoms with van der Waals surface area (Å²) in [7, 11) is 1.91. The lowest BCUT2D eigenvalue weighted by atomic mass is 9.73. The number of aryl methyl sites for hydroxylation is 2. The maximum atomic E-state index is 4.53. The van der Waals surface area contributed by atoms with Crippen LogP contribution in [0.4, 0.5) is 0 Å². The van der Waals surface area contributed by atoms with Crippen LogP contribution in [0.2, 0.25) is 0 Å². The average molecular weight is 462 g/mol. The number of thiazole rings is 1. The highest BCUT2D eigenvalue weighted by Crippen LogP contribution is 2.43. The highest BCUT2D eigenvalue weighted by Gasteiger charge is 2.39. The van der Waals surface area contributed by atoms with Gasteiger partial charge in [-0.15, -0.1) is 35.3 Å². The average Bonchev–Trinajstić information content (AvgIpc) is 3.08. The molecule has 2 aliphatic rings. The molecule has 2 fully saturated rings. The fourth-order valence-corrected chi connectivity index (χ4v) is 5.19. The van der Waals surface area contributed by atoms with Crippen LogP contribution in [-0.2, 0) is 6.42 Å². The number of aliphatic imine (C=N–C) groups is 1. The third-order valence-corrected chi connectivity index (χ3v) is 6.63. The van der Waals surface area contributed by atoms with Crippen molar-refractivity contribution in [2.45, 2.75) is 58.8 Å². The second-order valence-corrected chi connectivity index (χ2v) is 8.49. The molecule has 1 spiro atoms. The van der Waals surface area contributed by atoms with E-state index in [0.29, 0.717) is 5.41 Å². The minimum atomic E-state index is 0. The number of nitrogens with one attached hydrogen (secondary N) is 1. The summed E-state index contributed by atoms with van der Waals surface area (Å²) in [5.41, 5.74) is 1.77. The molecule has 1 aromatic rings. The molecule has 1 saturated heterocycles. The third kappa shape index (κ3) is 4.62. The molecule has 24 heavy (non-hydrogen) atoms. The lowest BCUT2D eigenvalue weighted by Crippen LogP contribution is -2.42. The van der Waals surface area contributed by atoms with Crippen molar-refractivity contribution in [1.82, 2.24) is 15.2 Å². The van der Waals surface area contributed by atoms with Crippen molar-refractivity contribution in [1.29, 1.82) is 0 Å². The molecule has 0 aromatic carbocycles. The topological polar surface area (TPSA) is 40.5 Å². The number of likely N-dealkylation sites (tertiary alicyclic amines) is 1. The largest absolute Gasteiger partial charge is 0.356 e. The zero-order chi connectivity index (χ0) is 16.3. The minimum absolute atomic E-state index is 0. The molecule has 0 atom stereocenters. The maximum absolute atomic E-state index is 4.53. The highest BCUT2D eigenvalue weighted by molar-refractivity contribution is 14.0. The fourth-order valence-electron chi connectivity index (χ4n) is 4.25. The van der Waals surface area contributed by atoms with Crippen LogP contribution in [0.5, 0.6) is 0 Å². The zero-order valence-electron chi connectivity index (χ0n) is 15.2. The Morgan fingerprint density at radius 3 is 2.62 bits per heavy atom. The number of hydrogen-bond donors (Lipinski definition) is 1. The van der Waals surface area contributed by atoms with Crippen LogP contribution < -0.4 is 5.32 Å². The smallest absolute Gasteiger partial charge is 0.193 e. The molecule has 1 N–H and O–H groups in total. The number of aromatic nitrogens is 1. The Hall–Kier alpha value is -0.370.